The lowest BCUT2D eigenvalue weighted by molar-refractivity contribution is 0.0940. The maximum Gasteiger partial charge on any atom is 0.251 e. The number of hydrogen-bond acceptors (Lipinski definition) is 4. The molecule has 106 valence electrons. The minimum atomic E-state index is -0.161. The van der Waals surface area contributed by atoms with Crippen LogP contribution in [0.25, 0.3) is 0 Å². The molecular weight excluding hydrogens is 294 g/mol. The Morgan fingerprint density at radius 2 is 2.25 bits per heavy atom. The van der Waals surface area contributed by atoms with E-state index >= 15 is 0 Å². The number of carbonyl (C=O) groups excluding carboxylic acids is 1. The van der Waals surface area contributed by atoms with E-state index in [1.165, 1.54) is 11.3 Å². The molecule has 20 heavy (non-hydrogen) atoms. The van der Waals surface area contributed by atoms with Gasteiger partial charge in [-0.1, -0.05) is 18.5 Å². The average Bonchev–Trinajstić information content (AvgIpc) is 2.84. The maximum absolute atomic E-state index is 12.2. The van der Waals surface area contributed by atoms with Crippen LogP contribution in [0.3, 0.4) is 0 Å². The largest absolute Gasteiger partial charge is 0.384 e. The monoisotopic (exact) mass is 309 g/mol. The topological polar surface area (TPSA) is 68.0 Å². The van der Waals surface area contributed by atoms with E-state index in [4.69, 9.17) is 17.3 Å². The smallest absolute Gasteiger partial charge is 0.251 e. The summed E-state index contributed by atoms with van der Waals surface area (Å²) < 4.78 is 0.711. The highest BCUT2D eigenvalue weighted by Crippen LogP contribution is 2.26. The van der Waals surface area contributed by atoms with E-state index in [1.54, 1.807) is 12.1 Å². The van der Waals surface area contributed by atoms with Crippen molar-refractivity contribution in [2.45, 2.75) is 26.3 Å². The van der Waals surface area contributed by atoms with E-state index < -0.39 is 0 Å². The third kappa shape index (κ3) is 3.49. The van der Waals surface area contributed by atoms with Crippen LogP contribution in [0.4, 0.5) is 5.82 Å². The lowest BCUT2D eigenvalue weighted by Crippen LogP contribution is -2.26. The number of thiophene rings is 1. The third-order valence-corrected chi connectivity index (χ3v) is 4.30. The van der Waals surface area contributed by atoms with Gasteiger partial charge < -0.3 is 11.1 Å². The Morgan fingerprint density at radius 1 is 1.50 bits per heavy atom. The van der Waals surface area contributed by atoms with Crippen molar-refractivity contribution in [2.75, 3.05) is 5.73 Å². The molecule has 0 aliphatic carbocycles. The van der Waals surface area contributed by atoms with Crippen LogP contribution in [-0.2, 0) is 6.42 Å². The molecule has 2 aromatic rings. The van der Waals surface area contributed by atoms with Crippen molar-refractivity contribution in [1.29, 1.82) is 0 Å². The summed E-state index contributed by atoms with van der Waals surface area (Å²) in [6, 6.07) is 6.99. The molecule has 1 amide bonds. The van der Waals surface area contributed by atoms with Crippen LogP contribution >= 0.6 is 22.9 Å². The number of aryl methyl sites for hydroxylation is 1. The molecule has 0 bridgehead atoms. The lowest BCUT2D eigenvalue weighted by Gasteiger charge is -2.13. The van der Waals surface area contributed by atoms with Gasteiger partial charge in [0, 0.05) is 16.1 Å². The minimum absolute atomic E-state index is 0.0977. The molecule has 0 saturated heterocycles. The van der Waals surface area contributed by atoms with Gasteiger partial charge in [-0.05, 0) is 37.6 Å². The summed E-state index contributed by atoms with van der Waals surface area (Å²) in [6.45, 7) is 3.89. The van der Waals surface area contributed by atoms with Gasteiger partial charge in [0.05, 0.1) is 10.4 Å². The van der Waals surface area contributed by atoms with Gasteiger partial charge in [0.25, 0.3) is 5.91 Å². The molecule has 2 rings (SSSR count). The summed E-state index contributed by atoms with van der Waals surface area (Å²) in [6.07, 6.45) is 0.738. The number of pyridine rings is 1. The number of nitrogens with zero attached hydrogens (tertiary/aromatic N) is 1. The van der Waals surface area contributed by atoms with E-state index in [9.17, 15) is 4.79 Å². The first-order valence-electron chi connectivity index (χ1n) is 6.32. The molecule has 6 heteroatoms. The highest BCUT2D eigenvalue weighted by molar-refractivity contribution is 7.16. The Balaban J connectivity index is 2.13. The molecule has 2 aromatic heterocycles. The van der Waals surface area contributed by atoms with Gasteiger partial charge >= 0.3 is 0 Å². The summed E-state index contributed by atoms with van der Waals surface area (Å²) in [5.74, 6) is 0.201. The zero-order valence-electron chi connectivity index (χ0n) is 11.3. The average molecular weight is 310 g/mol. The van der Waals surface area contributed by atoms with Gasteiger partial charge in [-0.3, -0.25) is 4.79 Å². The highest BCUT2D eigenvalue weighted by atomic mass is 35.5. The van der Waals surface area contributed by atoms with Gasteiger partial charge in [-0.25, -0.2) is 4.98 Å². The van der Waals surface area contributed by atoms with Gasteiger partial charge in [0.15, 0.2) is 0 Å². The van der Waals surface area contributed by atoms with Gasteiger partial charge in [0.2, 0.25) is 0 Å². The summed E-state index contributed by atoms with van der Waals surface area (Å²) in [7, 11) is 0. The number of aromatic nitrogens is 1. The Hall–Kier alpha value is -1.59. The normalized spacial score (nSPS) is 12.2. The summed E-state index contributed by atoms with van der Waals surface area (Å²) in [4.78, 5) is 17.4. The predicted molar refractivity (Wildman–Crippen MR) is 83.2 cm³/mol. The highest BCUT2D eigenvalue weighted by Gasteiger charge is 2.14. The van der Waals surface area contributed by atoms with Gasteiger partial charge in [-0.2, -0.15) is 0 Å². The predicted octanol–water partition coefficient (Wildman–Crippen LogP) is 3.43. The number of halogens is 1. The van der Waals surface area contributed by atoms with Crippen molar-refractivity contribution in [3.05, 3.63) is 44.7 Å². The van der Waals surface area contributed by atoms with Crippen molar-refractivity contribution >= 4 is 34.7 Å². The Bertz CT molecular complexity index is 627. The number of nitrogens with one attached hydrogen (secondary N) is 1. The summed E-state index contributed by atoms with van der Waals surface area (Å²) in [5.41, 5.74) is 7.05. The van der Waals surface area contributed by atoms with Gasteiger partial charge in [-0.15, -0.1) is 11.3 Å². The maximum atomic E-state index is 12.2. The molecule has 0 saturated carbocycles. The van der Waals surface area contributed by atoms with E-state index in [0.29, 0.717) is 15.7 Å². The first-order valence-corrected chi connectivity index (χ1v) is 7.51. The molecule has 0 aliphatic heterocycles. The number of nitrogens with two attached hydrogens (primary N) is 1. The molecular formula is C14H16ClN3OS. The quantitative estimate of drug-likeness (QED) is 0.909. The molecule has 1 atom stereocenters. The molecule has 3 N–H and O–H groups in total. The fraction of sp³-hybridized carbons (Fsp3) is 0.286. The Morgan fingerprint density at radius 3 is 2.85 bits per heavy atom. The van der Waals surface area contributed by atoms with E-state index in [1.807, 2.05) is 26.0 Å². The fourth-order valence-electron chi connectivity index (χ4n) is 1.84. The molecule has 0 radical (unpaired) electrons. The standard InChI is InChI=1S/C14H16ClN3OS/c1-3-10-6-9(7-13(16)18-10)14(19)17-8(2)11-4-5-12(15)20-11/h4-8H,3H2,1-2H3,(H2,16,18)(H,17,19). The van der Waals surface area contributed by atoms with Crippen molar-refractivity contribution in [1.82, 2.24) is 10.3 Å². The fourth-order valence-corrected chi connectivity index (χ4v) is 2.90. The van der Waals surface area contributed by atoms with Gasteiger partial charge in [0.1, 0.15) is 5.82 Å². The first-order chi connectivity index (χ1) is 9.49. The van der Waals surface area contributed by atoms with Crippen molar-refractivity contribution in [3.63, 3.8) is 0 Å². The molecule has 4 nitrogen and oxygen atoms in total. The van der Waals surface area contributed by atoms with Crippen LogP contribution in [0.5, 0.6) is 0 Å². The third-order valence-electron chi connectivity index (χ3n) is 2.89. The van der Waals surface area contributed by atoms with E-state index in [2.05, 4.69) is 10.3 Å². The molecule has 0 aliphatic rings. The second-order valence-electron chi connectivity index (χ2n) is 4.46. The molecule has 2 heterocycles. The Labute approximate surface area is 127 Å². The van der Waals surface area contributed by atoms with Crippen LogP contribution in [0.15, 0.2) is 24.3 Å². The van der Waals surface area contributed by atoms with Crippen LogP contribution in [0.1, 0.15) is 40.8 Å². The number of hydrogen-bond donors (Lipinski definition) is 2. The van der Waals surface area contributed by atoms with E-state index in [-0.39, 0.29) is 11.9 Å². The van der Waals surface area contributed by atoms with Crippen LogP contribution in [0.2, 0.25) is 4.34 Å². The SMILES string of the molecule is CCc1cc(C(=O)NC(C)c2ccc(Cl)s2)cc(N)n1. The number of anilines is 1. The van der Waals surface area contributed by atoms with Crippen molar-refractivity contribution < 1.29 is 4.79 Å². The second kappa shape index (κ2) is 6.24. The number of rotatable bonds is 4. The Kier molecular flexibility index (Phi) is 4.62. The first kappa shape index (κ1) is 14.8. The molecule has 1 unspecified atom stereocenters. The van der Waals surface area contributed by atoms with Crippen molar-refractivity contribution in [2.24, 2.45) is 0 Å². The number of carbonyl (C=O) groups is 1. The number of nitrogen functional groups attached to an aromatic ring is 1. The zero-order chi connectivity index (χ0) is 14.7. The number of amides is 1. The minimum Gasteiger partial charge on any atom is -0.384 e. The summed E-state index contributed by atoms with van der Waals surface area (Å²) >= 11 is 7.36. The van der Waals surface area contributed by atoms with Crippen LogP contribution < -0.4 is 11.1 Å². The van der Waals surface area contributed by atoms with Crippen LogP contribution in [0, 0.1) is 0 Å². The van der Waals surface area contributed by atoms with Crippen molar-refractivity contribution in [3.8, 4) is 0 Å². The van der Waals surface area contributed by atoms with Crippen LogP contribution in [-0.4, -0.2) is 10.9 Å². The summed E-state index contributed by atoms with van der Waals surface area (Å²) in [5, 5.41) is 2.93. The van der Waals surface area contributed by atoms with E-state index in [0.717, 1.165) is 17.0 Å². The molecule has 0 spiro atoms. The second-order valence-corrected chi connectivity index (χ2v) is 6.21. The zero-order valence-corrected chi connectivity index (χ0v) is 12.9. The lowest BCUT2D eigenvalue weighted by atomic mass is 10.1. The molecule has 0 fully saturated rings. The molecule has 0 aromatic carbocycles.